The molecule has 0 aliphatic heterocycles. The second-order valence-corrected chi connectivity index (χ2v) is 3.12. The molecule has 0 bridgehead atoms. The van der Waals surface area contributed by atoms with E-state index in [1.807, 2.05) is 0 Å². The van der Waals surface area contributed by atoms with Crippen molar-refractivity contribution < 1.29 is 9.59 Å². The Labute approximate surface area is 91.0 Å². The second-order valence-electron chi connectivity index (χ2n) is 3.12. The number of benzene rings is 2. The summed E-state index contributed by atoms with van der Waals surface area (Å²) in [6, 6.07) is 10.5. The average molecular weight is 210 g/mol. The Bertz CT molecular complexity index is 579. The molecule has 0 heterocycles. The summed E-state index contributed by atoms with van der Waals surface area (Å²) in [6.45, 7) is 0. The summed E-state index contributed by atoms with van der Waals surface area (Å²) in [5.74, 6) is 0. The lowest BCUT2D eigenvalue weighted by Crippen LogP contribution is -1.72. The van der Waals surface area contributed by atoms with Crippen LogP contribution in [0.4, 0.5) is 11.4 Å². The number of nitrogens with zero attached hydrogens (tertiary/aromatic N) is 2. The van der Waals surface area contributed by atoms with Crippen molar-refractivity contribution in [3.8, 4) is 0 Å². The largest absolute Gasteiger partial charge is 0.240 e. The van der Waals surface area contributed by atoms with Crippen molar-refractivity contribution in [1.82, 2.24) is 0 Å². The van der Waals surface area contributed by atoms with Gasteiger partial charge in [-0.3, -0.25) is 0 Å². The van der Waals surface area contributed by atoms with Crippen molar-refractivity contribution in [2.75, 3.05) is 0 Å². The number of carbonyl (C=O) groups excluding carboxylic acids is 2. The van der Waals surface area contributed by atoms with Crippen molar-refractivity contribution in [2.45, 2.75) is 0 Å². The molecule has 2 aromatic rings. The van der Waals surface area contributed by atoms with Gasteiger partial charge in [-0.25, -0.2) is 9.59 Å². The molecule has 0 saturated heterocycles. The monoisotopic (exact) mass is 210 g/mol. The highest BCUT2D eigenvalue weighted by Crippen LogP contribution is 2.24. The molecule has 0 saturated carbocycles. The predicted octanol–water partition coefficient (Wildman–Crippen LogP) is 2.77. The van der Waals surface area contributed by atoms with Gasteiger partial charge in [0, 0.05) is 0 Å². The minimum absolute atomic E-state index is 0.550. The first kappa shape index (κ1) is 9.99. The number of fused-ring (bicyclic) bond motifs is 1. The van der Waals surface area contributed by atoms with Crippen LogP contribution in [-0.2, 0) is 9.59 Å². The van der Waals surface area contributed by atoms with Gasteiger partial charge in [0.2, 0.25) is 12.2 Å². The van der Waals surface area contributed by atoms with Gasteiger partial charge in [0.15, 0.2) is 0 Å². The third-order valence-corrected chi connectivity index (χ3v) is 2.16. The van der Waals surface area contributed by atoms with Gasteiger partial charge in [0.1, 0.15) is 0 Å². The van der Waals surface area contributed by atoms with Crippen LogP contribution in [0.15, 0.2) is 46.4 Å². The van der Waals surface area contributed by atoms with Crippen LogP contribution in [0.5, 0.6) is 0 Å². The van der Waals surface area contributed by atoms with Crippen molar-refractivity contribution >= 4 is 34.3 Å². The van der Waals surface area contributed by atoms with E-state index < -0.39 is 0 Å². The Balaban J connectivity index is 2.60. The summed E-state index contributed by atoms with van der Waals surface area (Å²) in [6.07, 6.45) is 2.97. The van der Waals surface area contributed by atoms with Gasteiger partial charge < -0.3 is 0 Å². The van der Waals surface area contributed by atoms with Crippen LogP contribution in [0.3, 0.4) is 0 Å². The fourth-order valence-electron chi connectivity index (χ4n) is 1.47. The summed E-state index contributed by atoms with van der Waals surface area (Å²) >= 11 is 0. The van der Waals surface area contributed by atoms with Crippen LogP contribution in [0, 0.1) is 0 Å². The molecule has 0 unspecified atom stereocenters. The molecule has 4 heteroatoms. The Morgan fingerprint density at radius 2 is 1.19 bits per heavy atom. The van der Waals surface area contributed by atoms with E-state index in [1.54, 1.807) is 36.4 Å². The number of aliphatic imine (C=N–C) groups is 2. The molecule has 4 nitrogen and oxygen atoms in total. The molecule has 16 heavy (non-hydrogen) atoms. The van der Waals surface area contributed by atoms with E-state index in [9.17, 15) is 9.59 Å². The molecule has 0 amide bonds. The zero-order valence-corrected chi connectivity index (χ0v) is 8.18. The maximum atomic E-state index is 10.1. The highest BCUT2D eigenvalue weighted by atomic mass is 16.1. The van der Waals surface area contributed by atoms with Gasteiger partial charge in [0.05, 0.1) is 11.4 Å². The van der Waals surface area contributed by atoms with E-state index in [-0.39, 0.29) is 0 Å². The lowest BCUT2D eigenvalue weighted by molar-refractivity contribution is 0.564. The lowest BCUT2D eigenvalue weighted by atomic mass is 10.1. The molecule has 2 aromatic carbocycles. The molecular weight excluding hydrogens is 204 g/mol. The molecule has 0 radical (unpaired) electrons. The van der Waals surface area contributed by atoms with E-state index in [2.05, 4.69) is 9.98 Å². The summed E-state index contributed by atoms with van der Waals surface area (Å²) in [5, 5.41) is 1.84. The van der Waals surface area contributed by atoms with E-state index in [1.165, 1.54) is 12.2 Å². The van der Waals surface area contributed by atoms with E-state index >= 15 is 0 Å². The summed E-state index contributed by atoms with van der Waals surface area (Å²) in [7, 11) is 0. The molecule has 2 rings (SSSR count). The lowest BCUT2D eigenvalue weighted by Gasteiger charge is -1.99. The van der Waals surface area contributed by atoms with Crippen molar-refractivity contribution in [2.24, 2.45) is 9.98 Å². The highest BCUT2D eigenvalue weighted by molar-refractivity contribution is 5.88. The minimum atomic E-state index is 0.550. The second kappa shape index (κ2) is 4.32. The van der Waals surface area contributed by atoms with Crippen LogP contribution in [-0.4, -0.2) is 12.2 Å². The third kappa shape index (κ3) is 1.93. The molecule has 0 aliphatic rings. The maximum Gasteiger partial charge on any atom is 0.240 e. The first-order chi connectivity index (χ1) is 7.83. The Hall–Kier alpha value is -2.54. The molecule has 0 N–H and O–H groups in total. The smallest absolute Gasteiger partial charge is 0.211 e. The van der Waals surface area contributed by atoms with Gasteiger partial charge in [0.25, 0.3) is 0 Å². The zero-order chi connectivity index (χ0) is 11.4. The fraction of sp³-hybridized carbons (Fsp3) is 0. The molecule has 0 aromatic heterocycles. The fourth-order valence-corrected chi connectivity index (χ4v) is 1.47. The topological polar surface area (TPSA) is 58.9 Å². The van der Waals surface area contributed by atoms with Crippen LogP contribution in [0.25, 0.3) is 10.8 Å². The van der Waals surface area contributed by atoms with E-state index in [4.69, 9.17) is 0 Å². The Morgan fingerprint density at radius 1 is 0.750 bits per heavy atom. The first-order valence-electron chi connectivity index (χ1n) is 4.53. The van der Waals surface area contributed by atoms with Crippen molar-refractivity contribution in [1.29, 1.82) is 0 Å². The first-order valence-corrected chi connectivity index (χ1v) is 4.53. The predicted molar refractivity (Wildman–Crippen MR) is 59.5 cm³/mol. The summed E-state index contributed by atoms with van der Waals surface area (Å²) in [5.41, 5.74) is 1.10. The van der Waals surface area contributed by atoms with Crippen molar-refractivity contribution in [3.05, 3.63) is 36.4 Å². The SMILES string of the molecule is O=C=Nc1ccc2cc(N=C=O)ccc2c1. The molecular formula is C12H6N2O2. The molecule has 0 atom stereocenters. The number of rotatable bonds is 2. The van der Waals surface area contributed by atoms with E-state index in [0.717, 1.165) is 10.8 Å². The van der Waals surface area contributed by atoms with Crippen LogP contribution in [0.2, 0.25) is 0 Å². The van der Waals surface area contributed by atoms with Crippen LogP contribution >= 0.6 is 0 Å². The molecule has 76 valence electrons. The third-order valence-electron chi connectivity index (χ3n) is 2.16. The highest BCUT2D eigenvalue weighted by Gasteiger charge is 1.97. The van der Waals surface area contributed by atoms with Gasteiger partial charge in [-0.2, -0.15) is 9.98 Å². The number of hydrogen-bond acceptors (Lipinski definition) is 4. The molecule has 0 aliphatic carbocycles. The summed E-state index contributed by atoms with van der Waals surface area (Å²) < 4.78 is 0. The quantitative estimate of drug-likeness (QED) is 0.565. The number of isocyanates is 2. The van der Waals surface area contributed by atoms with Gasteiger partial charge in [-0.15, -0.1) is 0 Å². The van der Waals surface area contributed by atoms with E-state index in [0.29, 0.717) is 11.4 Å². The summed E-state index contributed by atoms with van der Waals surface area (Å²) in [4.78, 5) is 27.2. The van der Waals surface area contributed by atoms with Gasteiger partial charge in [-0.1, -0.05) is 12.1 Å². The minimum Gasteiger partial charge on any atom is -0.211 e. The normalized spacial score (nSPS) is 9.25. The Kier molecular flexibility index (Phi) is 2.70. The van der Waals surface area contributed by atoms with Gasteiger partial charge >= 0.3 is 0 Å². The Morgan fingerprint density at radius 3 is 1.56 bits per heavy atom. The average Bonchev–Trinajstić information content (AvgIpc) is 2.30. The van der Waals surface area contributed by atoms with Crippen LogP contribution < -0.4 is 0 Å². The van der Waals surface area contributed by atoms with Gasteiger partial charge in [-0.05, 0) is 35.0 Å². The molecule has 0 fully saturated rings. The van der Waals surface area contributed by atoms with Crippen molar-refractivity contribution in [3.63, 3.8) is 0 Å². The molecule has 0 spiro atoms. The maximum absolute atomic E-state index is 10.1. The number of hydrogen-bond donors (Lipinski definition) is 0. The zero-order valence-electron chi connectivity index (χ0n) is 8.18. The standard InChI is InChI=1S/C12H6N2O2/c15-7-13-11-3-1-9-5-12(14-8-16)4-2-10(9)6-11/h1-6H. The van der Waals surface area contributed by atoms with Crippen LogP contribution in [0.1, 0.15) is 0 Å².